The van der Waals surface area contributed by atoms with E-state index in [1.54, 1.807) is 6.92 Å². The second-order valence-corrected chi connectivity index (χ2v) is 5.31. The Hall–Kier alpha value is -1.79. The molecule has 21 heavy (non-hydrogen) atoms. The summed E-state index contributed by atoms with van der Waals surface area (Å²) in [5, 5.41) is 2.47. The first-order chi connectivity index (χ1) is 9.99. The van der Waals surface area contributed by atoms with Crippen molar-refractivity contribution < 1.29 is 9.53 Å². The number of rotatable bonds is 4. The number of amides is 1. The summed E-state index contributed by atoms with van der Waals surface area (Å²) in [6.45, 7) is 1.87. The van der Waals surface area contributed by atoms with Crippen LogP contribution in [0.15, 0.2) is 40.3 Å². The molecular weight excluding hydrogens is 315 g/mol. The molecule has 0 aromatic heterocycles. The quantitative estimate of drug-likeness (QED) is 0.829. The standard InChI is InChI=1S/C13H14Cl2N4O2/c1-2-21-12(20)19-13(10(14)15)11(16)17-9(18-13)8-6-4-3-5-7-8/h3-7,10H,2H2,1H3,(H,19,20)(H2,16,17,18)/t13-/m0/s1. The number of nitrogens with zero attached hydrogens (tertiary/aromatic N) is 2. The van der Waals surface area contributed by atoms with Crippen molar-refractivity contribution >= 4 is 41.0 Å². The first-order valence-electron chi connectivity index (χ1n) is 6.22. The third kappa shape index (κ3) is 3.11. The molecule has 6 nitrogen and oxygen atoms in total. The Morgan fingerprint density at radius 1 is 1.43 bits per heavy atom. The van der Waals surface area contributed by atoms with Crippen LogP contribution in [0.4, 0.5) is 4.79 Å². The molecule has 0 radical (unpaired) electrons. The van der Waals surface area contributed by atoms with E-state index in [0.29, 0.717) is 5.84 Å². The van der Waals surface area contributed by atoms with Crippen LogP contribution in [0.2, 0.25) is 0 Å². The van der Waals surface area contributed by atoms with Gasteiger partial charge in [0.1, 0.15) is 0 Å². The van der Waals surface area contributed by atoms with Gasteiger partial charge in [0.25, 0.3) is 0 Å². The zero-order chi connectivity index (χ0) is 15.5. The molecule has 0 spiro atoms. The van der Waals surface area contributed by atoms with Crippen LogP contribution in [0.1, 0.15) is 12.5 Å². The lowest BCUT2D eigenvalue weighted by Crippen LogP contribution is -2.59. The smallest absolute Gasteiger partial charge is 0.409 e. The Morgan fingerprint density at radius 2 is 2.10 bits per heavy atom. The summed E-state index contributed by atoms with van der Waals surface area (Å²) in [6, 6.07) is 9.16. The molecule has 8 heteroatoms. The summed E-state index contributed by atoms with van der Waals surface area (Å²) < 4.78 is 4.82. The van der Waals surface area contributed by atoms with Crippen LogP contribution < -0.4 is 11.1 Å². The Morgan fingerprint density at radius 3 is 2.67 bits per heavy atom. The molecule has 0 saturated carbocycles. The lowest BCUT2D eigenvalue weighted by Gasteiger charge is -2.27. The van der Waals surface area contributed by atoms with Crippen LogP contribution in [0.25, 0.3) is 0 Å². The maximum Gasteiger partial charge on any atom is 0.409 e. The lowest BCUT2D eigenvalue weighted by molar-refractivity contribution is 0.146. The van der Waals surface area contributed by atoms with Crippen molar-refractivity contribution in [3.05, 3.63) is 35.9 Å². The fourth-order valence-corrected chi connectivity index (χ4v) is 2.23. The molecule has 1 aromatic carbocycles. The Labute approximate surface area is 132 Å². The minimum absolute atomic E-state index is 0.00408. The van der Waals surface area contributed by atoms with E-state index in [-0.39, 0.29) is 12.4 Å². The number of benzene rings is 1. The number of alkyl halides is 2. The largest absolute Gasteiger partial charge is 0.450 e. The van der Waals surface area contributed by atoms with E-state index in [1.807, 2.05) is 30.3 Å². The van der Waals surface area contributed by atoms with Crippen molar-refractivity contribution in [3.63, 3.8) is 0 Å². The third-order valence-electron chi connectivity index (χ3n) is 2.81. The van der Waals surface area contributed by atoms with Crippen LogP contribution in [0, 0.1) is 0 Å². The van der Waals surface area contributed by atoms with E-state index >= 15 is 0 Å². The summed E-state index contributed by atoms with van der Waals surface area (Å²) in [5.74, 6) is 0.348. The Bertz CT molecular complexity index is 589. The predicted molar refractivity (Wildman–Crippen MR) is 83.0 cm³/mol. The predicted octanol–water partition coefficient (Wildman–Crippen LogP) is 2.05. The number of ether oxygens (including phenoxy) is 1. The van der Waals surface area contributed by atoms with E-state index in [1.165, 1.54) is 0 Å². The minimum atomic E-state index is -1.53. The fraction of sp³-hybridized carbons (Fsp3) is 0.308. The lowest BCUT2D eigenvalue weighted by atomic mass is 10.2. The molecule has 112 valence electrons. The number of carbonyl (C=O) groups is 1. The molecule has 0 saturated heterocycles. The van der Waals surface area contributed by atoms with E-state index < -0.39 is 16.6 Å². The molecule has 1 aliphatic heterocycles. The highest BCUT2D eigenvalue weighted by Gasteiger charge is 2.47. The highest BCUT2D eigenvalue weighted by Crippen LogP contribution is 2.28. The number of halogens is 2. The molecule has 0 aliphatic carbocycles. The van der Waals surface area contributed by atoms with Gasteiger partial charge in [-0.3, -0.25) is 5.32 Å². The highest BCUT2D eigenvalue weighted by molar-refractivity contribution is 6.47. The van der Waals surface area contributed by atoms with Gasteiger partial charge in [0, 0.05) is 5.56 Å². The van der Waals surface area contributed by atoms with Gasteiger partial charge in [0.05, 0.1) is 6.61 Å². The molecule has 0 fully saturated rings. The summed E-state index contributed by atoms with van der Waals surface area (Å²) in [6.07, 6.45) is -0.722. The van der Waals surface area contributed by atoms with E-state index in [2.05, 4.69) is 15.3 Å². The molecule has 2 rings (SSSR count). The van der Waals surface area contributed by atoms with Crippen LogP contribution in [-0.4, -0.2) is 34.9 Å². The average molecular weight is 329 g/mol. The number of hydrogen-bond acceptors (Lipinski definition) is 5. The zero-order valence-electron chi connectivity index (χ0n) is 11.2. The Balaban J connectivity index is 2.36. The van der Waals surface area contributed by atoms with Crippen LogP contribution in [0.5, 0.6) is 0 Å². The van der Waals surface area contributed by atoms with Crippen LogP contribution in [-0.2, 0) is 4.74 Å². The van der Waals surface area contributed by atoms with Gasteiger partial charge in [-0.1, -0.05) is 53.5 Å². The molecule has 1 amide bonds. The third-order valence-corrected chi connectivity index (χ3v) is 3.45. The zero-order valence-corrected chi connectivity index (χ0v) is 12.7. The van der Waals surface area contributed by atoms with Crippen molar-refractivity contribution in [2.24, 2.45) is 15.7 Å². The molecule has 1 atom stereocenters. The van der Waals surface area contributed by atoms with Gasteiger partial charge in [-0.05, 0) is 6.92 Å². The van der Waals surface area contributed by atoms with E-state index in [9.17, 15) is 4.79 Å². The molecule has 3 N–H and O–H groups in total. The minimum Gasteiger partial charge on any atom is -0.450 e. The summed E-state index contributed by atoms with van der Waals surface area (Å²) in [7, 11) is 0. The maximum atomic E-state index is 11.7. The van der Waals surface area contributed by atoms with E-state index in [0.717, 1.165) is 5.56 Å². The SMILES string of the molecule is CCOC(=O)N[C@]1(C(Cl)Cl)N=C(c2ccccc2)N=C1N. The van der Waals surface area contributed by atoms with Crippen LogP contribution >= 0.6 is 23.2 Å². The second-order valence-electron chi connectivity index (χ2n) is 4.21. The number of nitrogens with two attached hydrogens (primary N) is 1. The van der Waals surface area contributed by atoms with Gasteiger partial charge in [-0.15, -0.1) is 0 Å². The summed E-state index contributed by atoms with van der Waals surface area (Å²) in [4.78, 5) is 19.0. The Kier molecular flexibility index (Phi) is 4.69. The highest BCUT2D eigenvalue weighted by atomic mass is 35.5. The molecule has 1 aromatic rings. The molecule has 1 aliphatic rings. The molecular formula is C13H14Cl2N4O2. The van der Waals surface area contributed by atoms with Gasteiger partial charge in [0.2, 0.25) is 5.66 Å². The average Bonchev–Trinajstić information content (AvgIpc) is 2.78. The van der Waals surface area contributed by atoms with Crippen molar-refractivity contribution in [2.75, 3.05) is 6.61 Å². The number of carbonyl (C=O) groups excluding carboxylic acids is 1. The van der Waals surface area contributed by atoms with Crippen molar-refractivity contribution in [1.82, 2.24) is 5.32 Å². The van der Waals surface area contributed by atoms with Gasteiger partial charge >= 0.3 is 6.09 Å². The fourth-order valence-electron chi connectivity index (χ4n) is 1.79. The molecule has 1 heterocycles. The topological polar surface area (TPSA) is 89.1 Å². The van der Waals surface area contributed by atoms with Gasteiger partial charge in [-0.2, -0.15) is 0 Å². The normalized spacial score (nSPS) is 21.0. The number of hydrogen-bond donors (Lipinski definition) is 2. The first kappa shape index (κ1) is 15.6. The van der Waals surface area contributed by atoms with Gasteiger partial charge in [-0.25, -0.2) is 14.8 Å². The van der Waals surface area contributed by atoms with E-state index in [4.69, 9.17) is 33.7 Å². The number of nitrogens with one attached hydrogen (secondary N) is 1. The van der Waals surface area contributed by atoms with Crippen molar-refractivity contribution in [3.8, 4) is 0 Å². The molecule has 0 bridgehead atoms. The van der Waals surface area contributed by atoms with Crippen molar-refractivity contribution in [1.29, 1.82) is 0 Å². The summed E-state index contributed by atoms with van der Waals surface area (Å²) in [5.41, 5.74) is 5.09. The van der Waals surface area contributed by atoms with Crippen molar-refractivity contribution in [2.45, 2.75) is 17.4 Å². The number of aliphatic imine (C=N–C) groups is 2. The maximum absolute atomic E-state index is 11.7. The molecule has 0 unspecified atom stereocenters. The number of amidine groups is 2. The monoisotopic (exact) mass is 328 g/mol. The second kappa shape index (κ2) is 6.32. The van der Waals surface area contributed by atoms with Gasteiger partial charge in [0.15, 0.2) is 16.5 Å². The first-order valence-corrected chi connectivity index (χ1v) is 7.10. The van der Waals surface area contributed by atoms with Crippen LogP contribution in [0.3, 0.4) is 0 Å². The number of alkyl carbamates (subject to hydrolysis) is 1. The summed E-state index contributed by atoms with van der Waals surface area (Å²) >= 11 is 11.9. The van der Waals surface area contributed by atoms with Gasteiger partial charge < -0.3 is 10.5 Å².